The fourth-order valence-corrected chi connectivity index (χ4v) is 1.94. The number of halogens is 2. The van der Waals surface area contributed by atoms with E-state index < -0.39 is 11.6 Å². The molecule has 2 atom stereocenters. The molecule has 0 amide bonds. The molecule has 0 aliphatic carbocycles. The summed E-state index contributed by atoms with van der Waals surface area (Å²) in [5, 5.41) is 3.30. The van der Waals surface area contributed by atoms with Crippen LogP contribution in [0.5, 0.6) is 0 Å². The lowest BCUT2D eigenvalue weighted by Crippen LogP contribution is -2.39. The van der Waals surface area contributed by atoms with Crippen LogP contribution < -0.4 is 5.32 Å². The molecule has 0 aliphatic rings. The number of benzene rings is 1. The molecule has 1 aromatic carbocycles. The minimum absolute atomic E-state index is 0.109. The van der Waals surface area contributed by atoms with Crippen molar-refractivity contribution in [2.75, 3.05) is 13.2 Å². The number of hydrogen-bond acceptors (Lipinski definition) is 2. The second-order valence-corrected chi connectivity index (χ2v) is 5.04. The van der Waals surface area contributed by atoms with Crippen LogP contribution in [0.15, 0.2) is 18.2 Å². The van der Waals surface area contributed by atoms with Crippen molar-refractivity contribution in [2.24, 2.45) is 5.92 Å². The van der Waals surface area contributed by atoms with Gasteiger partial charge in [-0.25, -0.2) is 8.78 Å². The highest BCUT2D eigenvalue weighted by atomic mass is 19.2. The minimum atomic E-state index is -0.808. The van der Waals surface area contributed by atoms with Gasteiger partial charge in [0, 0.05) is 24.3 Å². The largest absolute Gasteiger partial charge is 0.380 e. The van der Waals surface area contributed by atoms with Crippen molar-refractivity contribution in [2.45, 2.75) is 39.8 Å². The zero-order valence-electron chi connectivity index (χ0n) is 12.0. The Balaban J connectivity index is 2.75. The molecule has 1 N–H and O–H groups in total. The molecule has 19 heavy (non-hydrogen) atoms. The van der Waals surface area contributed by atoms with Gasteiger partial charge in [0.2, 0.25) is 0 Å². The van der Waals surface area contributed by atoms with E-state index in [4.69, 9.17) is 4.74 Å². The van der Waals surface area contributed by atoms with Crippen LogP contribution in [0.3, 0.4) is 0 Å². The Kier molecular flexibility index (Phi) is 6.38. The SMILES string of the molecule is CCOCC(NC(C)c1cccc(F)c1F)C(C)C. The normalized spacial score (nSPS) is 14.7. The van der Waals surface area contributed by atoms with Crippen LogP contribution in [0, 0.1) is 17.6 Å². The van der Waals surface area contributed by atoms with Gasteiger partial charge in [-0.2, -0.15) is 0 Å². The van der Waals surface area contributed by atoms with Crippen LogP contribution in [0.25, 0.3) is 0 Å². The number of nitrogens with one attached hydrogen (secondary N) is 1. The molecule has 108 valence electrons. The van der Waals surface area contributed by atoms with E-state index >= 15 is 0 Å². The summed E-state index contributed by atoms with van der Waals surface area (Å²) in [5.41, 5.74) is 0.349. The first-order valence-corrected chi connectivity index (χ1v) is 6.75. The summed E-state index contributed by atoms with van der Waals surface area (Å²) in [5.74, 6) is -1.23. The Morgan fingerprint density at radius 3 is 2.47 bits per heavy atom. The van der Waals surface area contributed by atoms with Crippen LogP contribution in [0.2, 0.25) is 0 Å². The summed E-state index contributed by atoms with van der Waals surface area (Å²) in [6.07, 6.45) is 0. The molecule has 0 aliphatic heterocycles. The first-order valence-electron chi connectivity index (χ1n) is 6.75. The molecule has 0 radical (unpaired) electrons. The predicted octanol–water partition coefficient (Wildman–Crippen LogP) is 3.68. The highest BCUT2D eigenvalue weighted by molar-refractivity contribution is 5.22. The monoisotopic (exact) mass is 271 g/mol. The number of ether oxygens (including phenoxy) is 1. The lowest BCUT2D eigenvalue weighted by Gasteiger charge is -2.26. The van der Waals surface area contributed by atoms with Crippen molar-refractivity contribution < 1.29 is 13.5 Å². The molecular formula is C15H23F2NO. The molecule has 2 unspecified atom stereocenters. The Morgan fingerprint density at radius 2 is 1.89 bits per heavy atom. The van der Waals surface area contributed by atoms with E-state index in [1.807, 2.05) is 13.8 Å². The van der Waals surface area contributed by atoms with E-state index in [-0.39, 0.29) is 12.1 Å². The summed E-state index contributed by atoms with van der Waals surface area (Å²) in [6.45, 7) is 9.13. The third-order valence-electron chi connectivity index (χ3n) is 3.22. The van der Waals surface area contributed by atoms with Crippen molar-refractivity contribution in [1.82, 2.24) is 5.32 Å². The van der Waals surface area contributed by atoms with Crippen LogP contribution in [-0.4, -0.2) is 19.3 Å². The molecule has 4 heteroatoms. The van der Waals surface area contributed by atoms with Gasteiger partial charge in [-0.15, -0.1) is 0 Å². The van der Waals surface area contributed by atoms with Gasteiger partial charge >= 0.3 is 0 Å². The van der Waals surface area contributed by atoms with Crippen LogP contribution in [-0.2, 0) is 4.74 Å². The zero-order chi connectivity index (χ0) is 14.4. The van der Waals surface area contributed by atoms with Crippen LogP contribution in [0.4, 0.5) is 8.78 Å². The fraction of sp³-hybridized carbons (Fsp3) is 0.600. The van der Waals surface area contributed by atoms with E-state index in [1.165, 1.54) is 6.07 Å². The van der Waals surface area contributed by atoms with E-state index in [1.54, 1.807) is 6.07 Å². The molecule has 0 fully saturated rings. The molecule has 2 nitrogen and oxygen atoms in total. The minimum Gasteiger partial charge on any atom is -0.380 e. The van der Waals surface area contributed by atoms with Crippen molar-refractivity contribution in [3.63, 3.8) is 0 Å². The van der Waals surface area contributed by atoms with Gasteiger partial charge in [-0.05, 0) is 25.8 Å². The van der Waals surface area contributed by atoms with Crippen molar-refractivity contribution in [1.29, 1.82) is 0 Å². The van der Waals surface area contributed by atoms with Crippen molar-refractivity contribution in [3.8, 4) is 0 Å². The molecule has 0 saturated carbocycles. The standard InChI is InChI=1S/C15H23F2NO/c1-5-19-9-14(10(2)3)18-11(4)12-7-6-8-13(16)15(12)17/h6-8,10-11,14,18H,5,9H2,1-4H3. The van der Waals surface area contributed by atoms with E-state index in [2.05, 4.69) is 19.2 Å². The summed E-state index contributed by atoms with van der Waals surface area (Å²) in [4.78, 5) is 0. The molecule has 0 bridgehead atoms. The second kappa shape index (κ2) is 7.56. The number of hydrogen-bond donors (Lipinski definition) is 1. The van der Waals surface area contributed by atoms with Crippen molar-refractivity contribution in [3.05, 3.63) is 35.4 Å². The average Bonchev–Trinajstić information content (AvgIpc) is 2.37. The maximum atomic E-state index is 13.7. The van der Waals surface area contributed by atoms with E-state index in [0.29, 0.717) is 24.7 Å². The third kappa shape index (κ3) is 4.55. The molecule has 1 rings (SSSR count). The zero-order valence-corrected chi connectivity index (χ0v) is 12.0. The lowest BCUT2D eigenvalue weighted by molar-refractivity contribution is 0.104. The number of rotatable bonds is 7. The Bertz CT molecular complexity index is 396. The lowest BCUT2D eigenvalue weighted by atomic mass is 10.0. The van der Waals surface area contributed by atoms with Gasteiger partial charge in [0.25, 0.3) is 0 Å². The van der Waals surface area contributed by atoms with Crippen molar-refractivity contribution >= 4 is 0 Å². The summed E-state index contributed by atoms with van der Waals surface area (Å²) < 4.78 is 32.3. The van der Waals surface area contributed by atoms with Crippen LogP contribution >= 0.6 is 0 Å². The van der Waals surface area contributed by atoms with Gasteiger partial charge in [-0.1, -0.05) is 26.0 Å². The molecule has 0 aromatic heterocycles. The maximum Gasteiger partial charge on any atom is 0.163 e. The topological polar surface area (TPSA) is 21.3 Å². The van der Waals surface area contributed by atoms with E-state index in [9.17, 15) is 8.78 Å². The van der Waals surface area contributed by atoms with Gasteiger partial charge in [0.1, 0.15) is 0 Å². The average molecular weight is 271 g/mol. The van der Waals surface area contributed by atoms with Crippen LogP contribution in [0.1, 0.15) is 39.3 Å². The smallest absolute Gasteiger partial charge is 0.163 e. The highest BCUT2D eigenvalue weighted by Gasteiger charge is 2.20. The Morgan fingerprint density at radius 1 is 1.21 bits per heavy atom. The van der Waals surface area contributed by atoms with Gasteiger partial charge in [0.15, 0.2) is 11.6 Å². The second-order valence-electron chi connectivity index (χ2n) is 5.04. The molecule has 0 saturated heterocycles. The first kappa shape index (κ1) is 16.1. The molecule has 0 heterocycles. The van der Waals surface area contributed by atoms with Gasteiger partial charge < -0.3 is 10.1 Å². The third-order valence-corrected chi connectivity index (χ3v) is 3.22. The Hall–Kier alpha value is -1.00. The summed E-state index contributed by atoms with van der Waals surface area (Å²) in [7, 11) is 0. The Labute approximate surface area is 114 Å². The fourth-order valence-electron chi connectivity index (χ4n) is 1.94. The summed E-state index contributed by atoms with van der Waals surface area (Å²) in [6, 6.07) is 4.11. The quantitative estimate of drug-likeness (QED) is 0.817. The van der Waals surface area contributed by atoms with E-state index in [0.717, 1.165) is 6.07 Å². The molecule has 1 aromatic rings. The van der Waals surface area contributed by atoms with Gasteiger partial charge in [0.05, 0.1) is 6.61 Å². The van der Waals surface area contributed by atoms with Gasteiger partial charge in [-0.3, -0.25) is 0 Å². The maximum absolute atomic E-state index is 13.7. The predicted molar refractivity (Wildman–Crippen MR) is 73.0 cm³/mol. The first-order chi connectivity index (χ1) is 8.97. The molecule has 0 spiro atoms. The highest BCUT2D eigenvalue weighted by Crippen LogP contribution is 2.20. The molecular weight excluding hydrogens is 248 g/mol. The summed E-state index contributed by atoms with van der Waals surface area (Å²) >= 11 is 0.